The van der Waals surface area contributed by atoms with Crippen LogP contribution in [0.2, 0.25) is 5.02 Å². The lowest BCUT2D eigenvalue weighted by Gasteiger charge is -2.38. The highest BCUT2D eigenvalue weighted by atomic mass is 35.5. The van der Waals surface area contributed by atoms with E-state index in [1.165, 1.54) is 11.8 Å². The number of carbonyl (C=O) groups excluding carboxylic acids is 1. The number of piperidine rings is 1. The number of hydrogen-bond donors (Lipinski definition) is 0. The number of thioether (sulfide) groups is 1. The topological polar surface area (TPSA) is 38.8 Å². The standard InChI is InChI=1S/C16H20ClNO3S/c1-12(22-14-5-3-2-4-13(14)17)15(19)18-8-6-16(7-9-18)20-10-11-21-16/h2-5,12H,6-11H2,1H3. The molecule has 2 fully saturated rings. The van der Waals surface area contributed by atoms with E-state index in [1.54, 1.807) is 0 Å². The van der Waals surface area contributed by atoms with Crippen molar-refractivity contribution in [3.05, 3.63) is 29.3 Å². The summed E-state index contributed by atoms with van der Waals surface area (Å²) in [5.74, 6) is -0.284. The molecule has 22 heavy (non-hydrogen) atoms. The van der Waals surface area contributed by atoms with Crippen LogP contribution in [-0.4, -0.2) is 48.1 Å². The van der Waals surface area contributed by atoms with E-state index in [9.17, 15) is 4.79 Å². The van der Waals surface area contributed by atoms with Gasteiger partial charge in [0.1, 0.15) is 0 Å². The number of ether oxygens (including phenoxy) is 2. The molecule has 3 rings (SSSR count). The lowest BCUT2D eigenvalue weighted by molar-refractivity contribution is -0.187. The fourth-order valence-electron chi connectivity index (χ4n) is 2.89. The maximum Gasteiger partial charge on any atom is 0.235 e. The lowest BCUT2D eigenvalue weighted by atomic mass is 10.0. The predicted octanol–water partition coefficient (Wildman–Crippen LogP) is 3.19. The molecule has 0 aliphatic carbocycles. The molecule has 1 aromatic rings. The maximum absolute atomic E-state index is 12.6. The molecule has 1 aromatic carbocycles. The molecule has 4 nitrogen and oxygen atoms in total. The number of carbonyl (C=O) groups is 1. The molecule has 2 heterocycles. The van der Waals surface area contributed by atoms with Crippen molar-refractivity contribution in [3.63, 3.8) is 0 Å². The largest absolute Gasteiger partial charge is 0.347 e. The van der Waals surface area contributed by atoms with Gasteiger partial charge in [-0.3, -0.25) is 4.79 Å². The van der Waals surface area contributed by atoms with Gasteiger partial charge in [0.2, 0.25) is 5.91 Å². The second-order valence-corrected chi connectivity index (χ2v) is 7.41. The molecule has 1 spiro atoms. The third kappa shape index (κ3) is 3.43. The van der Waals surface area contributed by atoms with E-state index in [4.69, 9.17) is 21.1 Å². The second kappa shape index (κ2) is 6.79. The van der Waals surface area contributed by atoms with Gasteiger partial charge in [-0.1, -0.05) is 23.7 Å². The Kier molecular flexibility index (Phi) is 4.97. The Morgan fingerprint density at radius 2 is 1.91 bits per heavy atom. The average Bonchev–Trinajstić information content (AvgIpc) is 2.98. The van der Waals surface area contributed by atoms with Crippen molar-refractivity contribution in [2.24, 2.45) is 0 Å². The molecule has 1 atom stereocenters. The zero-order valence-corrected chi connectivity index (χ0v) is 14.2. The van der Waals surface area contributed by atoms with Crippen molar-refractivity contribution >= 4 is 29.3 Å². The molecule has 6 heteroatoms. The Balaban J connectivity index is 1.56. The van der Waals surface area contributed by atoms with Gasteiger partial charge < -0.3 is 14.4 Å². The summed E-state index contributed by atoms with van der Waals surface area (Å²) in [5.41, 5.74) is 0. The minimum absolute atomic E-state index is 0.151. The predicted molar refractivity (Wildman–Crippen MR) is 87.2 cm³/mol. The van der Waals surface area contributed by atoms with Crippen molar-refractivity contribution in [1.82, 2.24) is 4.90 Å². The second-order valence-electron chi connectivity index (χ2n) is 5.62. The van der Waals surface area contributed by atoms with Crippen LogP contribution in [0.4, 0.5) is 0 Å². The monoisotopic (exact) mass is 341 g/mol. The third-order valence-corrected chi connectivity index (χ3v) is 5.75. The molecule has 1 amide bonds. The summed E-state index contributed by atoms with van der Waals surface area (Å²) in [6.45, 7) is 4.63. The average molecular weight is 342 g/mol. The van der Waals surface area contributed by atoms with Gasteiger partial charge >= 0.3 is 0 Å². The van der Waals surface area contributed by atoms with E-state index >= 15 is 0 Å². The smallest absolute Gasteiger partial charge is 0.235 e. The highest BCUT2D eigenvalue weighted by Gasteiger charge is 2.41. The fraction of sp³-hybridized carbons (Fsp3) is 0.562. The number of hydrogen-bond acceptors (Lipinski definition) is 4. The van der Waals surface area contributed by atoms with Crippen molar-refractivity contribution < 1.29 is 14.3 Å². The number of amides is 1. The summed E-state index contributed by atoms with van der Waals surface area (Å²) in [4.78, 5) is 15.5. The minimum atomic E-state index is -0.435. The quantitative estimate of drug-likeness (QED) is 0.791. The fourth-order valence-corrected chi connectivity index (χ4v) is 4.13. The van der Waals surface area contributed by atoms with Crippen molar-refractivity contribution in [3.8, 4) is 0 Å². The zero-order chi connectivity index (χ0) is 15.6. The van der Waals surface area contributed by atoms with Gasteiger partial charge in [0.05, 0.1) is 23.5 Å². The normalized spacial score (nSPS) is 22.0. The summed E-state index contributed by atoms with van der Waals surface area (Å²) >= 11 is 7.67. The summed E-state index contributed by atoms with van der Waals surface area (Å²) < 4.78 is 11.4. The van der Waals surface area contributed by atoms with E-state index in [2.05, 4.69) is 0 Å². The molecule has 2 aliphatic rings. The van der Waals surface area contributed by atoms with E-state index < -0.39 is 5.79 Å². The van der Waals surface area contributed by atoms with Gasteiger partial charge in [0.15, 0.2) is 5.79 Å². The third-order valence-electron chi connectivity index (χ3n) is 4.14. The molecule has 0 aromatic heterocycles. The Bertz CT molecular complexity index is 538. The molecular weight excluding hydrogens is 322 g/mol. The molecule has 0 bridgehead atoms. The van der Waals surface area contributed by atoms with Gasteiger partial charge in [0, 0.05) is 30.8 Å². The van der Waals surface area contributed by atoms with Crippen LogP contribution in [0.5, 0.6) is 0 Å². The SMILES string of the molecule is CC(Sc1ccccc1Cl)C(=O)N1CCC2(CC1)OCCO2. The summed E-state index contributed by atoms with van der Waals surface area (Å²) in [5, 5.41) is 0.539. The van der Waals surface area contributed by atoms with Crippen LogP contribution < -0.4 is 0 Å². The number of benzene rings is 1. The summed E-state index contributed by atoms with van der Waals surface area (Å²) in [6.07, 6.45) is 1.50. The molecule has 2 saturated heterocycles. The zero-order valence-electron chi connectivity index (χ0n) is 12.6. The van der Waals surface area contributed by atoms with E-state index in [-0.39, 0.29) is 11.2 Å². The first-order valence-electron chi connectivity index (χ1n) is 7.58. The van der Waals surface area contributed by atoms with Crippen LogP contribution in [0.25, 0.3) is 0 Å². The molecule has 0 saturated carbocycles. The highest BCUT2D eigenvalue weighted by Crippen LogP contribution is 2.34. The van der Waals surface area contributed by atoms with Gasteiger partial charge in [0.25, 0.3) is 0 Å². The van der Waals surface area contributed by atoms with E-state index in [1.807, 2.05) is 36.1 Å². The number of nitrogens with zero attached hydrogens (tertiary/aromatic N) is 1. The van der Waals surface area contributed by atoms with E-state index in [0.717, 1.165) is 17.7 Å². The highest BCUT2D eigenvalue weighted by molar-refractivity contribution is 8.00. The maximum atomic E-state index is 12.6. The number of rotatable bonds is 3. The molecule has 1 unspecified atom stereocenters. The van der Waals surface area contributed by atoms with Gasteiger partial charge in [-0.25, -0.2) is 0 Å². The first-order valence-corrected chi connectivity index (χ1v) is 8.83. The van der Waals surface area contributed by atoms with Crippen LogP contribution >= 0.6 is 23.4 Å². The number of likely N-dealkylation sites (tertiary alicyclic amines) is 1. The molecule has 120 valence electrons. The Hall–Kier alpha value is -0.750. The molecular formula is C16H20ClNO3S. The van der Waals surface area contributed by atoms with Crippen molar-refractivity contribution in [2.75, 3.05) is 26.3 Å². The number of halogens is 1. The van der Waals surface area contributed by atoms with Crippen molar-refractivity contribution in [2.45, 2.75) is 35.7 Å². The minimum Gasteiger partial charge on any atom is -0.347 e. The van der Waals surface area contributed by atoms with E-state index in [0.29, 0.717) is 31.3 Å². The van der Waals surface area contributed by atoms with Gasteiger partial charge in [-0.05, 0) is 19.1 Å². The Labute approximate surface area is 140 Å². The Morgan fingerprint density at radius 3 is 2.55 bits per heavy atom. The van der Waals surface area contributed by atoms with Crippen LogP contribution in [0.3, 0.4) is 0 Å². The van der Waals surface area contributed by atoms with Crippen LogP contribution in [0.15, 0.2) is 29.2 Å². The first kappa shape index (κ1) is 16.1. The molecule has 0 N–H and O–H groups in total. The van der Waals surface area contributed by atoms with Crippen LogP contribution in [0.1, 0.15) is 19.8 Å². The van der Waals surface area contributed by atoms with Crippen LogP contribution in [-0.2, 0) is 14.3 Å². The Morgan fingerprint density at radius 1 is 1.27 bits per heavy atom. The molecule has 2 aliphatic heterocycles. The first-order chi connectivity index (χ1) is 10.6. The lowest BCUT2D eigenvalue weighted by Crippen LogP contribution is -2.49. The summed E-state index contributed by atoms with van der Waals surface area (Å²) in [7, 11) is 0. The van der Waals surface area contributed by atoms with Crippen molar-refractivity contribution in [1.29, 1.82) is 0 Å². The summed E-state index contributed by atoms with van der Waals surface area (Å²) in [6, 6.07) is 7.62. The molecule has 0 radical (unpaired) electrons. The van der Waals surface area contributed by atoms with Gasteiger partial charge in [-0.15, -0.1) is 11.8 Å². The van der Waals surface area contributed by atoms with Crippen LogP contribution in [0, 0.1) is 0 Å². The van der Waals surface area contributed by atoms with Gasteiger partial charge in [-0.2, -0.15) is 0 Å².